The van der Waals surface area contributed by atoms with E-state index in [2.05, 4.69) is 10.0 Å². The summed E-state index contributed by atoms with van der Waals surface area (Å²) in [6.07, 6.45) is 0.246. The molecule has 0 aliphatic heterocycles. The predicted octanol–water partition coefficient (Wildman–Crippen LogP) is 4.16. The number of hydrogen-bond acceptors (Lipinski definition) is 4. The van der Waals surface area contributed by atoms with Crippen LogP contribution in [0.4, 0.5) is 15.8 Å². The molecule has 2 amide bonds. The number of rotatable bonds is 7. The summed E-state index contributed by atoms with van der Waals surface area (Å²) in [5.41, 5.74) is 1.48. The molecular formula is C23H21ClFN3O4S. The van der Waals surface area contributed by atoms with Crippen LogP contribution in [0.25, 0.3) is 0 Å². The van der Waals surface area contributed by atoms with Crippen LogP contribution in [-0.2, 0) is 21.2 Å². The zero-order chi connectivity index (χ0) is 24.2. The summed E-state index contributed by atoms with van der Waals surface area (Å²) in [4.78, 5) is 25.8. The van der Waals surface area contributed by atoms with Gasteiger partial charge in [0.05, 0.1) is 22.0 Å². The van der Waals surface area contributed by atoms with E-state index in [9.17, 15) is 22.4 Å². The van der Waals surface area contributed by atoms with Crippen molar-refractivity contribution in [2.75, 3.05) is 24.1 Å². The maximum atomic E-state index is 13.1. The van der Waals surface area contributed by atoms with Gasteiger partial charge < -0.3 is 10.2 Å². The van der Waals surface area contributed by atoms with Gasteiger partial charge >= 0.3 is 0 Å². The first-order chi connectivity index (χ1) is 15.5. The van der Waals surface area contributed by atoms with Crippen LogP contribution in [0, 0.1) is 5.82 Å². The molecule has 0 bridgehead atoms. The fraction of sp³-hybridized carbons (Fsp3) is 0.130. The van der Waals surface area contributed by atoms with Gasteiger partial charge in [0, 0.05) is 25.3 Å². The quantitative estimate of drug-likeness (QED) is 0.521. The summed E-state index contributed by atoms with van der Waals surface area (Å²) >= 11 is 6.11. The van der Waals surface area contributed by atoms with Gasteiger partial charge in [0.2, 0.25) is 5.91 Å². The summed E-state index contributed by atoms with van der Waals surface area (Å²) in [5, 5.41) is 2.80. The van der Waals surface area contributed by atoms with Gasteiger partial charge in [0.15, 0.2) is 0 Å². The molecule has 172 valence electrons. The summed E-state index contributed by atoms with van der Waals surface area (Å²) < 4.78 is 40.6. The number of hydrogen-bond donors (Lipinski definition) is 2. The van der Waals surface area contributed by atoms with Crippen molar-refractivity contribution in [3.05, 3.63) is 88.7 Å². The van der Waals surface area contributed by atoms with E-state index >= 15 is 0 Å². The van der Waals surface area contributed by atoms with E-state index in [1.807, 2.05) is 0 Å². The molecule has 3 aromatic carbocycles. The Labute approximate surface area is 196 Å². The third-order valence-corrected chi connectivity index (χ3v) is 6.37. The lowest BCUT2D eigenvalue weighted by atomic mass is 10.1. The summed E-state index contributed by atoms with van der Waals surface area (Å²) in [6.45, 7) is 0. The monoisotopic (exact) mass is 489 g/mol. The van der Waals surface area contributed by atoms with Gasteiger partial charge in [-0.25, -0.2) is 12.8 Å². The number of halogens is 2. The van der Waals surface area contributed by atoms with Crippen molar-refractivity contribution in [1.29, 1.82) is 0 Å². The van der Waals surface area contributed by atoms with E-state index in [0.29, 0.717) is 5.69 Å². The van der Waals surface area contributed by atoms with Crippen LogP contribution in [-0.4, -0.2) is 39.2 Å². The van der Waals surface area contributed by atoms with Crippen LogP contribution in [0.3, 0.4) is 0 Å². The molecule has 7 nitrogen and oxygen atoms in total. The van der Waals surface area contributed by atoms with Crippen molar-refractivity contribution in [3.8, 4) is 0 Å². The number of amides is 2. The second kappa shape index (κ2) is 10.0. The van der Waals surface area contributed by atoms with Gasteiger partial charge in [-0.05, 0) is 60.2 Å². The van der Waals surface area contributed by atoms with Crippen molar-refractivity contribution >= 4 is 44.8 Å². The standard InChI is InChI=1S/C23H21ClFN3O4S/c1-28(2)22(29)13-15-3-8-18(9-4-15)26-23(30)16-5-12-20(24)21(14-16)27-33(31,32)19-10-6-17(25)7-11-19/h3-12,14,27H,13H2,1-2H3,(H,26,30). The van der Waals surface area contributed by atoms with Crippen molar-refractivity contribution in [2.45, 2.75) is 11.3 Å². The molecule has 2 N–H and O–H groups in total. The number of benzene rings is 3. The molecule has 0 saturated carbocycles. The molecule has 0 radical (unpaired) electrons. The Balaban J connectivity index is 1.74. The van der Waals surface area contributed by atoms with Crippen molar-refractivity contribution in [1.82, 2.24) is 4.90 Å². The summed E-state index contributed by atoms with van der Waals surface area (Å²) in [5.74, 6) is -1.09. The molecule has 33 heavy (non-hydrogen) atoms. The molecule has 10 heteroatoms. The summed E-state index contributed by atoms with van der Waals surface area (Å²) in [7, 11) is -0.683. The fourth-order valence-electron chi connectivity index (χ4n) is 2.80. The maximum Gasteiger partial charge on any atom is 0.261 e. The molecule has 0 unspecified atom stereocenters. The van der Waals surface area contributed by atoms with Gasteiger partial charge in [-0.1, -0.05) is 23.7 Å². The number of carbonyl (C=O) groups is 2. The van der Waals surface area contributed by atoms with Gasteiger partial charge in [0.25, 0.3) is 15.9 Å². The first-order valence-corrected chi connectivity index (χ1v) is 11.6. The van der Waals surface area contributed by atoms with E-state index in [1.54, 1.807) is 38.4 Å². The minimum Gasteiger partial charge on any atom is -0.349 e. The summed E-state index contributed by atoms with van der Waals surface area (Å²) in [6, 6.07) is 15.3. The van der Waals surface area contributed by atoms with Crippen molar-refractivity contribution in [3.63, 3.8) is 0 Å². The lowest BCUT2D eigenvalue weighted by molar-refractivity contribution is -0.127. The Kier molecular flexibility index (Phi) is 7.35. The Hall–Kier alpha value is -3.43. The Morgan fingerprint density at radius 1 is 0.970 bits per heavy atom. The second-order valence-corrected chi connectivity index (χ2v) is 9.46. The number of sulfonamides is 1. The van der Waals surface area contributed by atoms with Crippen LogP contribution >= 0.6 is 11.6 Å². The topological polar surface area (TPSA) is 95.6 Å². The average molecular weight is 490 g/mol. The molecule has 0 heterocycles. The lowest BCUT2D eigenvalue weighted by Crippen LogP contribution is -2.23. The third-order valence-electron chi connectivity index (χ3n) is 4.66. The van der Waals surface area contributed by atoms with E-state index in [4.69, 9.17) is 11.6 Å². The molecule has 3 aromatic rings. The molecule has 0 aromatic heterocycles. The lowest BCUT2D eigenvalue weighted by Gasteiger charge is -2.12. The van der Waals surface area contributed by atoms with Crippen molar-refractivity contribution in [2.24, 2.45) is 0 Å². The minimum absolute atomic E-state index is 0.00573. The maximum absolute atomic E-state index is 13.1. The average Bonchev–Trinajstić information content (AvgIpc) is 2.76. The largest absolute Gasteiger partial charge is 0.349 e. The normalized spacial score (nSPS) is 11.0. The molecule has 0 fully saturated rings. The van der Waals surface area contributed by atoms with Gasteiger partial charge in [-0.2, -0.15) is 0 Å². The zero-order valence-electron chi connectivity index (χ0n) is 17.8. The van der Waals surface area contributed by atoms with Crippen LogP contribution < -0.4 is 10.0 Å². The Bertz CT molecular complexity index is 1280. The molecule has 0 aliphatic carbocycles. The molecule has 0 saturated heterocycles. The molecule has 0 spiro atoms. The van der Waals surface area contributed by atoms with Gasteiger partial charge in [0.1, 0.15) is 5.82 Å². The number of anilines is 2. The first-order valence-electron chi connectivity index (χ1n) is 9.73. The van der Waals surface area contributed by atoms with Gasteiger partial charge in [-0.3, -0.25) is 14.3 Å². The van der Waals surface area contributed by atoms with Crippen LogP contribution in [0.1, 0.15) is 15.9 Å². The highest BCUT2D eigenvalue weighted by molar-refractivity contribution is 7.92. The first kappa shape index (κ1) is 24.2. The molecule has 0 atom stereocenters. The number of likely N-dealkylation sites (N-methyl/N-ethyl adjacent to an activating group) is 1. The number of nitrogens with zero attached hydrogens (tertiary/aromatic N) is 1. The van der Waals surface area contributed by atoms with Crippen LogP contribution in [0.15, 0.2) is 71.6 Å². The second-order valence-electron chi connectivity index (χ2n) is 7.37. The van der Waals surface area contributed by atoms with E-state index in [1.165, 1.54) is 23.1 Å². The molecule has 3 rings (SSSR count). The van der Waals surface area contributed by atoms with Crippen LogP contribution in [0.2, 0.25) is 5.02 Å². The fourth-order valence-corrected chi connectivity index (χ4v) is 4.10. The predicted molar refractivity (Wildman–Crippen MR) is 125 cm³/mol. The van der Waals surface area contributed by atoms with Gasteiger partial charge in [-0.15, -0.1) is 0 Å². The highest BCUT2D eigenvalue weighted by Crippen LogP contribution is 2.26. The number of carbonyl (C=O) groups excluding carboxylic acids is 2. The zero-order valence-corrected chi connectivity index (χ0v) is 19.4. The highest BCUT2D eigenvalue weighted by Gasteiger charge is 2.18. The smallest absolute Gasteiger partial charge is 0.261 e. The van der Waals surface area contributed by atoms with E-state index in [-0.39, 0.29) is 33.5 Å². The molecular weight excluding hydrogens is 469 g/mol. The van der Waals surface area contributed by atoms with E-state index in [0.717, 1.165) is 29.8 Å². The Morgan fingerprint density at radius 2 is 1.61 bits per heavy atom. The third kappa shape index (κ3) is 6.30. The van der Waals surface area contributed by atoms with E-state index < -0.39 is 21.7 Å². The molecule has 0 aliphatic rings. The van der Waals surface area contributed by atoms with Crippen molar-refractivity contribution < 1.29 is 22.4 Å². The van der Waals surface area contributed by atoms with Crippen LogP contribution in [0.5, 0.6) is 0 Å². The SMILES string of the molecule is CN(C)C(=O)Cc1ccc(NC(=O)c2ccc(Cl)c(NS(=O)(=O)c3ccc(F)cc3)c2)cc1. The highest BCUT2D eigenvalue weighted by atomic mass is 35.5. The Morgan fingerprint density at radius 3 is 2.21 bits per heavy atom. The number of nitrogens with one attached hydrogen (secondary N) is 2. The minimum atomic E-state index is -4.04.